The molecule has 0 bridgehead atoms. The van der Waals surface area contributed by atoms with Crippen molar-refractivity contribution in [1.29, 1.82) is 0 Å². The molecule has 3 heterocycles. The molecule has 0 aromatic carbocycles. The number of carbonyl (C=O) groups is 3. The molecule has 156 valence electrons. The van der Waals surface area contributed by atoms with E-state index in [0.717, 1.165) is 5.69 Å². The Balaban J connectivity index is 1.92. The Kier molecular flexibility index (Phi) is 6.31. The second-order valence-electron chi connectivity index (χ2n) is 6.58. The molecule has 2 aromatic heterocycles. The molecule has 1 aliphatic heterocycles. The highest BCUT2D eigenvalue weighted by molar-refractivity contribution is 7.99. The van der Waals surface area contributed by atoms with Crippen LogP contribution >= 0.6 is 11.8 Å². The molecule has 9 nitrogen and oxygen atoms in total. The number of rotatable bonds is 5. The Morgan fingerprint density at radius 1 is 1.07 bits per heavy atom. The third-order valence-corrected chi connectivity index (χ3v) is 5.45. The maximum atomic E-state index is 11.7. The number of aryl methyl sites for hydroxylation is 1. The Hall–Kier alpha value is -2.75. The number of fused-ring (bicyclic) bond motifs is 1. The summed E-state index contributed by atoms with van der Waals surface area (Å²) in [7, 11) is 0. The Morgan fingerprint density at radius 2 is 1.72 bits per heavy atom. The number of pyridine rings is 1. The van der Waals surface area contributed by atoms with Crippen LogP contribution in [0.2, 0.25) is 0 Å². The first-order valence-electron chi connectivity index (χ1n) is 8.99. The lowest BCUT2D eigenvalue weighted by molar-refractivity contribution is -0.186. The fraction of sp³-hybridized carbons (Fsp3) is 0.474. The van der Waals surface area contributed by atoms with E-state index in [1.165, 1.54) is 32.5 Å². The molecule has 1 saturated heterocycles. The molecule has 2 aromatic rings. The predicted molar refractivity (Wildman–Crippen MR) is 103 cm³/mol. The van der Waals surface area contributed by atoms with Gasteiger partial charge in [-0.3, -0.25) is 14.4 Å². The van der Waals surface area contributed by atoms with Crippen molar-refractivity contribution in [1.82, 2.24) is 9.38 Å². The zero-order valence-corrected chi connectivity index (χ0v) is 17.3. The van der Waals surface area contributed by atoms with Crippen molar-refractivity contribution < 1.29 is 33.3 Å². The summed E-state index contributed by atoms with van der Waals surface area (Å²) in [5, 5.41) is 0. The van der Waals surface area contributed by atoms with E-state index in [-0.39, 0.29) is 0 Å². The minimum absolute atomic E-state index is 0.302. The van der Waals surface area contributed by atoms with Crippen molar-refractivity contribution in [3.63, 3.8) is 0 Å². The lowest BCUT2D eigenvalue weighted by atomic mass is 10.1. The van der Waals surface area contributed by atoms with Crippen LogP contribution in [0.4, 0.5) is 0 Å². The van der Waals surface area contributed by atoms with Gasteiger partial charge in [0, 0.05) is 44.6 Å². The summed E-state index contributed by atoms with van der Waals surface area (Å²) < 4.78 is 24.1. The van der Waals surface area contributed by atoms with Gasteiger partial charge in [-0.25, -0.2) is 4.98 Å². The van der Waals surface area contributed by atoms with Gasteiger partial charge in [-0.05, 0) is 19.1 Å². The molecule has 0 saturated carbocycles. The summed E-state index contributed by atoms with van der Waals surface area (Å²) in [4.78, 5) is 39.2. The van der Waals surface area contributed by atoms with Crippen LogP contribution in [-0.2, 0) is 28.6 Å². The number of hydrogen-bond acceptors (Lipinski definition) is 9. The minimum atomic E-state index is -0.993. The summed E-state index contributed by atoms with van der Waals surface area (Å²) in [6, 6.07) is 3.57. The van der Waals surface area contributed by atoms with Gasteiger partial charge in [0.05, 0.1) is 0 Å². The quantitative estimate of drug-likeness (QED) is 0.527. The molecule has 4 atom stereocenters. The van der Waals surface area contributed by atoms with Crippen molar-refractivity contribution in [3.8, 4) is 5.75 Å². The van der Waals surface area contributed by atoms with Crippen molar-refractivity contribution in [2.45, 2.75) is 51.4 Å². The first-order chi connectivity index (χ1) is 13.8. The molecular weight excluding hydrogens is 400 g/mol. The van der Waals surface area contributed by atoms with Crippen LogP contribution in [0, 0.1) is 6.92 Å². The maximum absolute atomic E-state index is 11.7. The third kappa shape index (κ3) is 4.81. The molecule has 0 radical (unpaired) electrons. The topological polar surface area (TPSA) is 105 Å². The lowest BCUT2D eigenvalue weighted by Crippen LogP contribution is -2.55. The summed E-state index contributed by atoms with van der Waals surface area (Å²) in [6.45, 7) is 5.67. The van der Waals surface area contributed by atoms with E-state index in [0.29, 0.717) is 17.1 Å². The van der Waals surface area contributed by atoms with Crippen LogP contribution < -0.4 is 4.74 Å². The second-order valence-corrected chi connectivity index (χ2v) is 7.71. The van der Waals surface area contributed by atoms with Crippen molar-refractivity contribution in [2.24, 2.45) is 0 Å². The Labute approximate surface area is 171 Å². The van der Waals surface area contributed by atoms with E-state index in [4.69, 9.17) is 18.9 Å². The average molecular weight is 422 g/mol. The number of ether oxygens (including phenoxy) is 4. The summed E-state index contributed by atoms with van der Waals surface area (Å²) in [6.07, 6.45) is 0.845. The smallest absolute Gasteiger partial charge is 0.303 e. The van der Waals surface area contributed by atoms with E-state index >= 15 is 0 Å². The number of hydrogen-bond donors (Lipinski definition) is 0. The number of nitrogens with zero attached hydrogens (tertiary/aromatic N) is 2. The fourth-order valence-corrected chi connectivity index (χ4v) is 4.34. The second kappa shape index (κ2) is 8.73. The first-order valence-corrected chi connectivity index (χ1v) is 10.0. The Bertz CT molecular complexity index is 928. The van der Waals surface area contributed by atoms with Crippen molar-refractivity contribution in [3.05, 3.63) is 30.2 Å². The molecule has 10 heteroatoms. The van der Waals surface area contributed by atoms with Crippen LogP contribution in [0.15, 0.2) is 24.5 Å². The number of imidazole rings is 1. The summed E-state index contributed by atoms with van der Waals surface area (Å²) in [5.41, 5.74) is 0.850. The normalized spacial score (nSPS) is 24.0. The van der Waals surface area contributed by atoms with Gasteiger partial charge >= 0.3 is 17.9 Å². The molecular formula is C19H22N2O7S. The highest BCUT2D eigenvalue weighted by Gasteiger charge is 2.47. The summed E-state index contributed by atoms with van der Waals surface area (Å²) >= 11 is 1.30. The highest BCUT2D eigenvalue weighted by Crippen LogP contribution is 2.35. The fourth-order valence-electron chi connectivity index (χ4n) is 3.13. The third-order valence-electron chi connectivity index (χ3n) is 4.23. The zero-order chi connectivity index (χ0) is 21.1. The van der Waals surface area contributed by atoms with E-state index in [1.807, 2.05) is 23.6 Å². The van der Waals surface area contributed by atoms with Gasteiger partial charge in [0.2, 0.25) is 0 Å². The highest BCUT2D eigenvalue weighted by atomic mass is 32.2. The maximum Gasteiger partial charge on any atom is 0.303 e. The average Bonchev–Trinajstić information content (AvgIpc) is 3.01. The van der Waals surface area contributed by atoms with Gasteiger partial charge < -0.3 is 23.3 Å². The van der Waals surface area contributed by atoms with Crippen molar-refractivity contribution >= 4 is 35.3 Å². The van der Waals surface area contributed by atoms with E-state index in [2.05, 4.69) is 4.98 Å². The number of aromatic nitrogens is 2. The van der Waals surface area contributed by atoms with Crippen LogP contribution in [-0.4, -0.2) is 56.8 Å². The molecule has 0 aliphatic carbocycles. The van der Waals surface area contributed by atoms with E-state index < -0.39 is 41.7 Å². The van der Waals surface area contributed by atoms with E-state index in [9.17, 15) is 14.4 Å². The zero-order valence-electron chi connectivity index (χ0n) is 16.5. The number of carbonyl (C=O) groups excluding carboxylic acids is 3. The predicted octanol–water partition coefficient (Wildman–Crippen LogP) is 1.89. The van der Waals surface area contributed by atoms with Gasteiger partial charge in [-0.2, -0.15) is 0 Å². The lowest BCUT2D eigenvalue weighted by Gasteiger charge is -2.39. The molecule has 1 aliphatic rings. The SMILES string of the molecule is CC(=O)O[C@@H]1[C@@H](OC(C)=O)[C@@H](Oc2cccn3c(C)cnc23)SC[C@H]1OC(C)=O. The molecule has 0 amide bonds. The van der Waals surface area contributed by atoms with Crippen molar-refractivity contribution in [2.75, 3.05) is 5.75 Å². The minimum Gasteiger partial charge on any atom is -0.472 e. The molecule has 1 fully saturated rings. The van der Waals surface area contributed by atoms with Crippen LogP contribution in [0.5, 0.6) is 5.75 Å². The number of esters is 3. The van der Waals surface area contributed by atoms with Crippen LogP contribution in [0.3, 0.4) is 0 Å². The van der Waals surface area contributed by atoms with Gasteiger partial charge in [0.25, 0.3) is 0 Å². The van der Waals surface area contributed by atoms with E-state index in [1.54, 1.807) is 12.3 Å². The van der Waals surface area contributed by atoms with Crippen LogP contribution in [0.1, 0.15) is 26.5 Å². The van der Waals surface area contributed by atoms with Crippen LogP contribution in [0.25, 0.3) is 5.65 Å². The number of thioether (sulfide) groups is 1. The van der Waals surface area contributed by atoms with Gasteiger partial charge in [0.15, 0.2) is 35.1 Å². The molecule has 0 N–H and O–H groups in total. The van der Waals surface area contributed by atoms with Gasteiger partial charge in [0.1, 0.15) is 0 Å². The molecule has 3 rings (SSSR count). The standard InChI is InChI=1S/C19H22N2O7S/c1-10-8-20-18-14(6-5-7-21(10)18)28-19-17(27-13(4)24)16(26-12(3)23)15(9-29-19)25-11(2)22/h5-8,15-17,19H,9H2,1-4H3/t15-,16+,17-,19+/m1/s1. The van der Waals surface area contributed by atoms with Gasteiger partial charge in [-0.15, -0.1) is 11.8 Å². The Morgan fingerprint density at radius 3 is 2.38 bits per heavy atom. The molecule has 0 unspecified atom stereocenters. The molecule has 29 heavy (non-hydrogen) atoms. The molecule has 0 spiro atoms. The summed E-state index contributed by atoms with van der Waals surface area (Å²) in [5.74, 6) is -0.883. The largest absolute Gasteiger partial charge is 0.472 e. The monoisotopic (exact) mass is 422 g/mol. The first kappa shape index (κ1) is 21.0. The van der Waals surface area contributed by atoms with Gasteiger partial charge in [-0.1, -0.05) is 0 Å².